The monoisotopic (exact) mass is 280 g/mol. The molecule has 1 atom stereocenters. The van der Waals surface area contributed by atoms with E-state index in [-0.39, 0.29) is 37.1 Å². The molecule has 0 saturated carbocycles. The maximum absolute atomic E-state index is 12.0. The fourth-order valence-electron chi connectivity index (χ4n) is 2.64. The SMILES string of the molecule is NC(=O)C1CCS(=O)(=O)C12CN(C(=O)CCl)C2. The van der Waals surface area contributed by atoms with Crippen LogP contribution in [0.5, 0.6) is 0 Å². The molecule has 1 unspecified atom stereocenters. The van der Waals surface area contributed by atoms with Gasteiger partial charge in [0.2, 0.25) is 11.8 Å². The van der Waals surface area contributed by atoms with Crippen molar-refractivity contribution in [3.8, 4) is 0 Å². The number of likely N-dealkylation sites (tertiary alicyclic amines) is 1. The summed E-state index contributed by atoms with van der Waals surface area (Å²) in [5.41, 5.74) is 5.23. The van der Waals surface area contributed by atoms with Crippen LogP contribution in [0.25, 0.3) is 0 Å². The van der Waals surface area contributed by atoms with E-state index < -0.39 is 26.4 Å². The molecule has 6 nitrogen and oxygen atoms in total. The summed E-state index contributed by atoms with van der Waals surface area (Å²) in [6.45, 7) is 0.0724. The second kappa shape index (κ2) is 3.84. The third kappa shape index (κ3) is 1.63. The molecular weight excluding hydrogens is 268 g/mol. The van der Waals surface area contributed by atoms with E-state index in [4.69, 9.17) is 17.3 Å². The van der Waals surface area contributed by atoms with Crippen LogP contribution < -0.4 is 5.73 Å². The van der Waals surface area contributed by atoms with Gasteiger partial charge in [-0.1, -0.05) is 0 Å². The molecule has 2 aliphatic rings. The van der Waals surface area contributed by atoms with Crippen molar-refractivity contribution in [3.05, 3.63) is 0 Å². The van der Waals surface area contributed by atoms with Gasteiger partial charge in [-0.25, -0.2) is 8.42 Å². The number of halogens is 1. The van der Waals surface area contributed by atoms with Gasteiger partial charge in [0.25, 0.3) is 0 Å². The molecule has 0 aromatic rings. The molecule has 2 N–H and O–H groups in total. The molecule has 2 rings (SSSR count). The molecular formula is C9H13ClN2O4S. The van der Waals surface area contributed by atoms with Gasteiger partial charge in [-0.2, -0.15) is 0 Å². The van der Waals surface area contributed by atoms with Gasteiger partial charge in [-0.3, -0.25) is 9.59 Å². The van der Waals surface area contributed by atoms with Gasteiger partial charge in [-0.05, 0) is 6.42 Å². The van der Waals surface area contributed by atoms with E-state index >= 15 is 0 Å². The zero-order valence-corrected chi connectivity index (χ0v) is 10.6. The normalized spacial score (nSPS) is 29.0. The van der Waals surface area contributed by atoms with E-state index in [0.717, 1.165) is 0 Å². The first-order valence-electron chi connectivity index (χ1n) is 5.19. The second-order valence-electron chi connectivity index (χ2n) is 4.51. The molecule has 2 heterocycles. The van der Waals surface area contributed by atoms with E-state index in [1.165, 1.54) is 4.90 Å². The Morgan fingerprint density at radius 3 is 2.47 bits per heavy atom. The lowest BCUT2D eigenvalue weighted by atomic mass is 9.83. The minimum atomic E-state index is -3.36. The number of carbonyl (C=O) groups excluding carboxylic acids is 2. The molecule has 1 spiro atoms. The number of alkyl halides is 1. The molecule has 2 amide bonds. The molecule has 0 bridgehead atoms. The Kier molecular flexibility index (Phi) is 2.86. The first-order chi connectivity index (χ1) is 7.84. The Bertz CT molecular complexity index is 469. The summed E-state index contributed by atoms with van der Waals surface area (Å²) in [7, 11) is -3.36. The lowest BCUT2D eigenvalue weighted by molar-refractivity contribution is -0.137. The van der Waals surface area contributed by atoms with Crippen LogP contribution in [0.4, 0.5) is 0 Å². The summed E-state index contributed by atoms with van der Waals surface area (Å²) in [5.74, 6) is -1.83. The number of primary amides is 1. The first-order valence-corrected chi connectivity index (χ1v) is 7.38. The summed E-state index contributed by atoms with van der Waals surface area (Å²) in [4.78, 5) is 23.9. The summed E-state index contributed by atoms with van der Waals surface area (Å²) in [6, 6.07) is 0. The zero-order valence-electron chi connectivity index (χ0n) is 9.06. The average Bonchev–Trinajstić information content (AvgIpc) is 2.46. The maximum Gasteiger partial charge on any atom is 0.237 e. The molecule has 2 saturated heterocycles. The van der Waals surface area contributed by atoms with Crippen LogP contribution in [-0.2, 0) is 19.4 Å². The highest BCUT2D eigenvalue weighted by molar-refractivity contribution is 7.93. The highest BCUT2D eigenvalue weighted by atomic mass is 35.5. The molecule has 0 radical (unpaired) electrons. The van der Waals surface area contributed by atoms with Crippen molar-refractivity contribution in [3.63, 3.8) is 0 Å². The molecule has 8 heteroatoms. The van der Waals surface area contributed by atoms with Crippen LogP contribution in [0.3, 0.4) is 0 Å². The van der Waals surface area contributed by atoms with Crippen molar-refractivity contribution in [2.75, 3.05) is 24.7 Å². The number of nitrogens with two attached hydrogens (primary N) is 1. The number of rotatable bonds is 2. The van der Waals surface area contributed by atoms with Gasteiger partial charge in [0.05, 0.1) is 11.7 Å². The fraction of sp³-hybridized carbons (Fsp3) is 0.778. The number of hydrogen-bond acceptors (Lipinski definition) is 4. The molecule has 96 valence electrons. The number of carbonyl (C=O) groups is 2. The number of amides is 2. The zero-order chi connectivity index (χ0) is 12.8. The van der Waals surface area contributed by atoms with Gasteiger partial charge in [-0.15, -0.1) is 11.6 Å². The van der Waals surface area contributed by atoms with Crippen LogP contribution in [0.2, 0.25) is 0 Å². The van der Waals surface area contributed by atoms with Crippen LogP contribution in [0.1, 0.15) is 6.42 Å². The molecule has 0 aromatic heterocycles. The predicted octanol–water partition coefficient (Wildman–Crippen LogP) is -1.27. The van der Waals surface area contributed by atoms with Gasteiger partial charge >= 0.3 is 0 Å². The lowest BCUT2D eigenvalue weighted by Crippen LogP contribution is -2.70. The predicted molar refractivity (Wildman–Crippen MR) is 61.1 cm³/mol. The summed E-state index contributed by atoms with van der Waals surface area (Å²) >= 11 is 5.39. The summed E-state index contributed by atoms with van der Waals surface area (Å²) in [6.07, 6.45) is 0.251. The smallest absolute Gasteiger partial charge is 0.237 e. The maximum atomic E-state index is 12.0. The Hall–Kier alpha value is -0.820. The molecule has 2 fully saturated rings. The van der Waals surface area contributed by atoms with Crippen LogP contribution in [0.15, 0.2) is 0 Å². The van der Waals surface area contributed by atoms with Crippen LogP contribution in [-0.4, -0.2) is 54.6 Å². The topological polar surface area (TPSA) is 97.5 Å². The highest BCUT2D eigenvalue weighted by Gasteiger charge is 2.64. The van der Waals surface area contributed by atoms with Crippen LogP contribution in [0, 0.1) is 5.92 Å². The quantitative estimate of drug-likeness (QED) is 0.638. The third-order valence-corrected chi connectivity index (χ3v) is 6.44. The number of sulfone groups is 1. The van der Waals surface area contributed by atoms with Gasteiger partial charge < -0.3 is 10.6 Å². The van der Waals surface area contributed by atoms with Gasteiger partial charge in [0.15, 0.2) is 9.84 Å². The van der Waals surface area contributed by atoms with Gasteiger partial charge in [0, 0.05) is 13.1 Å². The van der Waals surface area contributed by atoms with Crippen molar-refractivity contribution >= 4 is 33.3 Å². The Labute approximate surface area is 104 Å². The van der Waals surface area contributed by atoms with E-state index in [1.807, 2.05) is 0 Å². The number of hydrogen-bond donors (Lipinski definition) is 1. The molecule has 0 aliphatic carbocycles. The first kappa shape index (κ1) is 12.6. The number of nitrogens with zero attached hydrogens (tertiary/aromatic N) is 1. The van der Waals surface area contributed by atoms with Crippen molar-refractivity contribution < 1.29 is 18.0 Å². The van der Waals surface area contributed by atoms with E-state index in [0.29, 0.717) is 0 Å². The average molecular weight is 281 g/mol. The minimum Gasteiger partial charge on any atom is -0.369 e. The lowest BCUT2D eigenvalue weighted by Gasteiger charge is -2.48. The third-order valence-electron chi connectivity index (χ3n) is 3.66. The standard InChI is InChI=1S/C9H13ClN2O4S/c10-3-7(13)12-4-9(5-12)6(8(11)14)1-2-17(9,15)16/h6H,1-5H2,(H2,11,14). The minimum absolute atomic E-state index is 0.0362. The van der Waals surface area contributed by atoms with Gasteiger partial charge in [0.1, 0.15) is 10.6 Å². The van der Waals surface area contributed by atoms with Crippen LogP contribution >= 0.6 is 11.6 Å². The van der Waals surface area contributed by atoms with E-state index in [2.05, 4.69) is 0 Å². The van der Waals surface area contributed by atoms with E-state index in [9.17, 15) is 18.0 Å². The Balaban J connectivity index is 2.25. The highest BCUT2D eigenvalue weighted by Crippen LogP contribution is 2.44. The Morgan fingerprint density at radius 1 is 1.41 bits per heavy atom. The molecule has 17 heavy (non-hydrogen) atoms. The van der Waals surface area contributed by atoms with Crippen molar-refractivity contribution in [2.24, 2.45) is 11.7 Å². The largest absolute Gasteiger partial charge is 0.369 e. The van der Waals surface area contributed by atoms with E-state index in [1.54, 1.807) is 0 Å². The fourth-order valence-corrected chi connectivity index (χ4v) is 5.13. The summed E-state index contributed by atoms with van der Waals surface area (Å²) < 4.78 is 22.8. The van der Waals surface area contributed by atoms with Crippen molar-refractivity contribution in [1.82, 2.24) is 4.90 Å². The molecule has 2 aliphatic heterocycles. The Morgan fingerprint density at radius 2 is 2.00 bits per heavy atom. The van der Waals surface area contributed by atoms with Crippen molar-refractivity contribution in [1.29, 1.82) is 0 Å². The molecule has 0 aromatic carbocycles. The second-order valence-corrected chi connectivity index (χ2v) is 7.23. The summed E-state index contributed by atoms with van der Waals surface area (Å²) in [5, 5.41) is 0. The van der Waals surface area contributed by atoms with Crippen molar-refractivity contribution in [2.45, 2.75) is 11.2 Å².